The van der Waals surface area contributed by atoms with Gasteiger partial charge in [0.15, 0.2) is 11.5 Å². The number of benzene rings is 3. The van der Waals surface area contributed by atoms with Crippen LogP contribution in [0.25, 0.3) is 0 Å². The lowest BCUT2D eigenvalue weighted by Gasteiger charge is -2.44. The average molecular weight is 610 g/mol. The van der Waals surface area contributed by atoms with Crippen molar-refractivity contribution in [1.82, 2.24) is 0 Å². The summed E-state index contributed by atoms with van der Waals surface area (Å²) >= 11 is 3.55. The fourth-order valence-corrected chi connectivity index (χ4v) is 5.81. The Morgan fingerprint density at radius 2 is 1.52 bits per heavy atom. The molecule has 3 aromatic carbocycles. The number of methoxy groups -OCH3 is 1. The van der Waals surface area contributed by atoms with Crippen molar-refractivity contribution in [2.45, 2.75) is 44.8 Å². The van der Waals surface area contributed by atoms with E-state index in [1.807, 2.05) is 26.0 Å². The molecule has 4 atom stereocenters. The zero-order chi connectivity index (χ0) is 29.0. The molecule has 0 bridgehead atoms. The number of ether oxygens (including phenoxy) is 2. The number of rotatable bonds is 8. The van der Waals surface area contributed by atoms with Gasteiger partial charge in [0, 0.05) is 23.7 Å². The van der Waals surface area contributed by atoms with Gasteiger partial charge in [0.05, 0.1) is 29.2 Å². The minimum atomic E-state index is -1.74. The van der Waals surface area contributed by atoms with Crippen molar-refractivity contribution in [3.05, 3.63) is 82.8 Å². The van der Waals surface area contributed by atoms with Crippen LogP contribution in [-0.4, -0.2) is 41.5 Å². The van der Waals surface area contributed by atoms with Crippen LogP contribution in [0.1, 0.15) is 38.7 Å². The van der Waals surface area contributed by atoms with Gasteiger partial charge in [-0.15, -0.1) is 0 Å². The SMILES string of the molecule is COc1cc(C2C(C(=O)Nc3ccccc3)C(=O)CC(C)(O)C2C(=O)Nc2ccccc2)cc(Br)c1OC(C)C. The summed E-state index contributed by atoms with van der Waals surface area (Å²) in [5.41, 5.74) is -0.226. The summed E-state index contributed by atoms with van der Waals surface area (Å²) in [5.74, 6) is -4.18. The highest BCUT2D eigenvalue weighted by Crippen LogP contribution is 2.49. The Labute approximate surface area is 242 Å². The van der Waals surface area contributed by atoms with Crippen molar-refractivity contribution >= 4 is 44.9 Å². The third-order valence-corrected chi connectivity index (χ3v) is 7.49. The molecule has 0 aromatic heterocycles. The Bertz CT molecular complexity index is 1380. The number of carbonyl (C=O) groups excluding carboxylic acids is 3. The quantitative estimate of drug-likeness (QED) is 0.288. The van der Waals surface area contributed by atoms with Gasteiger partial charge in [-0.25, -0.2) is 0 Å². The molecule has 40 heavy (non-hydrogen) atoms. The molecule has 0 saturated heterocycles. The summed E-state index contributed by atoms with van der Waals surface area (Å²) in [6.45, 7) is 5.22. The summed E-state index contributed by atoms with van der Waals surface area (Å²) in [5, 5.41) is 17.2. The normalized spacial score (nSPS) is 22.5. The predicted molar refractivity (Wildman–Crippen MR) is 157 cm³/mol. The second-order valence-electron chi connectivity index (χ2n) is 10.4. The predicted octanol–water partition coefficient (Wildman–Crippen LogP) is 5.56. The second kappa shape index (κ2) is 12.2. The maximum absolute atomic E-state index is 13.9. The van der Waals surface area contributed by atoms with Crippen LogP contribution in [-0.2, 0) is 14.4 Å². The molecule has 0 radical (unpaired) electrons. The molecule has 4 rings (SSSR count). The van der Waals surface area contributed by atoms with Crippen molar-refractivity contribution in [3.8, 4) is 11.5 Å². The Balaban J connectivity index is 1.85. The van der Waals surface area contributed by atoms with Crippen molar-refractivity contribution in [3.63, 3.8) is 0 Å². The topological polar surface area (TPSA) is 114 Å². The molecule has 1 aliphatic rings. The minimum Gasteiger partial charge on any atom is -0.493 e. The summed E-state index contributed by atoms with van der Waals surface area (Å²) in [6, 6.07) is 21.0. The number of nitrogens with one attached hydrogen (secondary N) is 2. The van der Waals surface area contributed by atoms with E-state index in [4.69, 9.17) is 9.47 Å². The molecule has 0 aliphatic heterocycles. The number of Topliss-reactive ketones (excluding diaryl/α,β-unsaturated/α-hetero) is 1. The van der Waals surface area contributed by atoms with Crippen molar-refractivity contribution in [1.29, 1.82) is 0 Å². The first-order chi connectivity index (χ1) is 19.0. The summed E-state index contributed by atoms with van der Waals surface area (Å²) < 4.78 is 12.1. The van der Waals surface area contributed by atoms with Crippen LogP contribution in [0.3, 0.4) is 0 Å². The lowest BCUT2D eigenvalue weighted by molar-refractivity contribution is -0.150. The van der Waals surface area contributed by atoms with Crippen LogP contribution in [0.4, 0.5) is 11.4 Å². The Hall–Kier alpha value is -3.69. The minimum absolute atomic E-state index is 0.151. The van der Waals surface area contributed by atoms with E-state index in [2.05, 4.69) is 26.6 Å². The molecule has 2 amide bonds. The van der Waals surface area contributed by atoms with Crippen LogP contribution in [0.2, 0.25) is 0 Å². The molecule has 0 heterocycles. The monoisotopic (exact) mass is 608 g/mol. The molecule has 210 valence electrons. The van der Waals surface area contributed by atoms with Gasteiger partial charge in [-0.05, 0) is 78.7 Å². The van der Waals surface area contributed by atoms with Crippen LogP contribution in [0.5, 0.6) is 11.5 Å². The van der Waals surface area contributed by atoms with E-state index < -0.39 is 41.0 Å². The molecule has 3 aromatic rings. The third-order valence-electron chi connectivity index (χ3n) is 6.91. The van der Waals surface area contributed by atoms with Gasteiger partial charge in [-0.2, -0.15) is 0 Å². The number of amides is 2. The Morgan fingerprint density at radius 3 is 2.05 bits per heavy atom. The largest absolute Gasteiger partial charge is 0.493 e. The number of para-hydroxylation sites is 2. The first kappa shape index (κ1) is 29.3. The van der Waals surface area contributed by atoms with Crippen molar-refractivity contribution in [2.24, 2.45) is 11.8 Å². The molecular formula is C31H33BrN2O6. The van der Waals surface area contributed by atoms with E-state index in [0.717, 1.165) is 0 Å². The van der Waals surface area contributed by atoms with Crippen LogP contribution in [0, 0.1) is 11.8 Å². The van der Waals surface area contributed by atoms with E-state index >= 15 is 0 Å². The highest BCUT2D eigenvalue weighted by atomic mass is 79.9. The molecule has 0 spiro atoms. The van der Waals surface area contributed by atoms with Gasteiger partial charge in [-0.1, -0.05) is 36.4 Å². The Kier molecular flexibility index (Phi) is 8.95. The highest BCUT2D eigenvalue weighted by molar-refractivity contribution is 9.10. The van der Waals surface area contributed by atoms with Gasteiger partial charge in [-0.3, -0.25) is 14.4 Å². The molecule has 4 unspecified atom stereocenters. The van der Waals surface area contributed by atoms with E-state index in [9.17, 15) is 19.5 Å². The van der Waals surface area contributed by atoms with E-state index in [-0.39, 0.29) is 12.5 Å². The van der Waals surface area contributed by atoms with E-state index in [1.54, 1.807) is 60.7 Å². The van der Waals surface area contributed by atoms with Gasteiger partial charge in [0.25, 0.3) is 0 Å². The highest BCUT2D eigenvalue weighted by Gasteiger charge is 2.56. The van der Waals surface area contributed by atoms with Crippen LogP contribution < -0.4 is 20.1 Å². The molecule has 1 aliphatic carbocycles. The third kappa shape index (κ3) is 6.37. The van der Waals surface area contributed by atoms with Gasteiger partial charge < -0.3 is 25.2 Å². The van der Waals surface area contributed by atoms with Crippen LogP contribution in [0.15, 0.2) is 77.3 Å². The molecule has 1 saturated carbocycles. The zero-order valence-electron chi connectivity index (χ0n) is 22.8. The van der Waals surface area contributed by atoms with Gasteiger partial charge in [0.1, 0.15) is 11.7 Å². The smallest absolute Gasteiger partial charge is 0.235 e. The lowest BCUT2D eigenvalue weighted by Crippen LogP contribution is -2.56. The summed E-state index contributed by atoms with van der Waals surface area (Å²) in [6.07, 6.45) is -0.516. The summed E-state index contributed by atoms with van der Waals surface area (Å²) in [4.78, 5) is 41.2. The zero-order valence-corrected chi connectivity index (χ0v) is 24.4. The maximum atomic E-state index is 13.9. The fourth-order valence-electron chi connectivity index (χ4n) is 5.26. The van der Waals surface area contributed by atoms with Crippen LogP contribution >= 0.6 is 15.9 Å². The number of hydrogen-bond acceptors (Lipinski definition) is 6. The lowest BCUT2D eigenvalue weighted by atomic mass is 9.61. The average Bonchev–Trinajstić information content (AvgIpc) is 2.89. The fraction of sp³-hybridized carbons (Fsp3) is 0.323. The van der Waals surface area contributed by atoms with Gasteiger partial charge in [0.2, 0.25) is 11.8 Å². The Morgan fingerprint density at radius 1 is 0.975 bits per heavy atom. The van der Waals surface area contributed by atoms with Crippen molar-refractivity contribution in [2.75, 3.05) is 17.7 Å². The number of halogens is 1. The molecular weight excluding hydrogens is 576 g/mol. The molecule has 9 heteroatoms. The number of ketones is 1. The van der Waals surface area contributed by atoms with Crippen molar-refractivity contribution < 1.29 is 29.0 Å². The number of hydrogen-bond donors (Lipinski definition) is 3. The number of carbonyl (C=O) groups is 3. The molecule has 3 N–H and O–H groups in total. The molecule has 8 nitrogen and oxygen atoms in total. The second-order valence-corrected chi connectivity index (χ2v) is 11.2. The summed E-state index contributed by atoms with van der Waals surface area (Å²) in [7, 11) is 1.49. The number of aliphatic hydroxyl groups is 1. The van der Waals surface area contributed by atoms with Gasteiger partial charge >= 0.3 is 0 Å². The first-order valence-corrected chi connectivity index (χ1v) is 13.8. The standard InChI is InChI=1S/C31H33BrN2O6/c1-18(2)40-28-22(32)15-19(16-24(28)39-4)25-26(29(36)33-20-11-7-5-8-12-20)23(35)17-31(3,38)27(25)30(37)34-21-13-9-6-10-14-21/h5-16,18,25-27,38H,17H2,1-4H3,(H,33,36)(H,34,37). The molecule has 1 fully saturated rings. The van der Waals surface area contributed by atoms with E-state index in [0.29, 0.717) is 32.9 Å². The first-order valence-electron chi connectivity index (χ1n) is 13.0. The number of anilines is 2. The van der Waals surface area contributed by atoms with E-state index in [1.165, 1.54) is 14.0 Å². The maximum Gasteiger partial charge on any atom is 0.235 e.